The van der Waals surface area contributed by atoms with Crippen LogP contribution in [0.5, 0.6) is 0 Å². The predicted octanol–water partition coefficient (Wildman–Crippen LogP) is 3.72. The third kappa shape index (κ3) is 6.23. The Morgan fingerprint density at radius 2 is 1.91 bits per heavy atom. The Labute approximate surface area is 206 Å². The van der Waals surface area contributed by atoms with Crippen molar-refractivity contribution < 1.29 is 28.1 Å². The van der Waals surface area contributed by atoms with Gasteiger partial charge in [0.15, 0.2) is 5.82 Å². The van der Waals surface area contributed by atoms with Gasteiger partial charge in [0, 0.05) is 24.8 Å². The van der Waals surface area contributed by atoms with Crippen molar-refractivity contribution in [3.05, 3.63) is 39.6 Å². The number of amides is 1. The number of ether oxygens (including phenoxy) is 4. The summed E-state index contributed by atoms with van der Waals surface area (Å²) in [5.74, 6) is 0.364. The zero-order valence-electron chi connectivity index (χ0n) is 19.0. The summed E-state index contributed by atoms with van der Waals surface area (Å²) in [5.41, 5.74) is 5.28. The van der Waals surface area contributed by atoms with E-state index >= 15 is 0 Å². The zero-order valence-corrected chi connectivity index (χ0v) is 20.5. The molecule has 1 amide bonds. The van der Waals surface area contributed by atoms with E-state index in [9.17, 15) is 9.18 Å². The number of nitrogens with one attached hydrogen (secondary N) is 1. The number of benzene rings is 1. The molecule has 1 fully saturated rings. The molecular formula is C21H26Cl2FN5O5. The smallest absolute Gasteiger partial charge is 0.410 e. The van der Waals surface area contributed by atoms with E-state index in [1.54, 1.807) is 30.3 Å². The number of hydrazine groups is 1. The molecule has 0 spiro atoms. The van der Waals surface area contributed by atoms with E-state index in [1.807, 2.05) is 0 Å². The molecule has 1 aromatic heterocycles. The van der Waals surface area contributed by atoms with Gasteiger partial charge in [0.25, 0.3) is 0 Å². The average Bonchev–Trinajstić information content (AvgIpc) is 3.22. The second-order valence-corrected chi connectivity index (χ2v) is 8.08. The Kier molecular flexibility index (Phi) is 9.63. The minimum atomic E-state index is -0.661. The third-order valence-corrected chi connectivity index (χ3v) is 5.45. The lowest BCUT2D eigenvalue weighted by atomic mass is 10.1. The minimum Gasteiger partial charge on any atom is -0.453 e. The van der Waals surface area contributed by atoms with Gasteiger partial charge in [-0.3, -0.25) is 10.3 Å². The molecule has 1 saturated heterocycles. The van der Waals surface area contributed by atoms with E-state index in [0.717, 1.165) is 0 Å². The van der Waals surface area contributed by atoms with Gasteiger partial charge in [-0.05, 0) is 18.2 Å². The van der Waals surface area contributed by atoms with Gasteiger partial charge in [0.1, 0.15) is 18.6 Å². The molecule has 1 aliphatic rings. The highest BCUT2D eigenvalue weighted by Gasteiger charge is 2.35. The molecule has 1 atom stereocenters. The van der Waals surface area contributed by atoms with Gasteiger partial charge in [0.05, 0.1) is 56.6 Å². The monoisotopic (exact) mass is 517 g/mol. The summed E-state index contributed by atoms with van der Waals surface area (Å²) in [6, 6.07) is 5.09. The van der Waals surface area contributed by atoms with Gasteiger partial charge >= 0.3 is 6.09 Å². The van der Waals surface area contributed by atoms with Crippen LogP contribution >= 0.6 is 23.2 Å². The van der Waals surface area contributed by atoms with E-state index in [-0.39, 0.29) is 33.0 Å². The van der Waals surface area contributed by atoms with Gasteiger partial charge in [-0.25, -0.2) is 19.2 Å². The number of aromatic nitrogens is 2. The van der Waals surface area contributed by atoms with Gasteiger partial charge < -0.3 is 18.9 Å². The molecule has 0 bridgehead atoms. The number of carbonyl (C=O) groups excluding carboxylic acids is 1. The number of anilines is 1. The molecule has 10 nitrogen and oxygen atoms in total. The van der Waals surface area contributed by atoms with Crippen molar-refractivity contribution in [3.63, 3.8) is 0 Å². The number of alkyl halides is 1. The first-order chi connectivity index (χ1) is 16.4. The van der Waals surface area contributed by atoms with Crippen LogP contribution in [0.1, 0.15) is 11.4 Å². The number of hydrogen-bond acceptors (Lipinski definition) is 9. The molecule has 0 saturated carbocycles. The van der Waals surface area contributed by atoms with Crippen molar-refractivity contribution in [2.75, 3.05) is 53.3 Å². The van der Waals surface area contributed by atoms with Gasteiger partial charge in [-0.1, -0.05) is 23.2 Å². The largest absolute Gasteiger partial charge is 0.453 e. The van der Waals surface area contributed by atoms with Crippen LogP contribution in [0.4, 0.5) is 15.0 Å². The molecule has 3 rings (SSSR count). The van der Waals surface area contributed by atoms with Crippen molar-refractivity contribution in [2.45, 2.75) is 19.4 Å². The molecule has 34 heavy (non-hydrogen) atoms. The molecule has 1 aromatic carbocycles. The predicted molar refractivity (Wildman–Crippen MR) is 124 cm³/mol. The highest BCUT2D eigenvalue weighted by Crippen LogP contribution is 2.33. The van der Waals surface area contributed by atoms with Crippen molar-refractivity contribution in [1.82, 2.24) is 19.9 Å². The normalized spacial score (nSPS) is 16.2. The van der Waals surface area contributed by atoms with E-state index in [0.29, 0.717) is 38.5 Å². The van der Waals surface area contributed by atoms with Crippen LogP contribution in [0.2, 0.25) is 10.0 Å². The van der Waals surface area contributed by atoms with E-state index in [1.165, 1.54) is 19.1 Å². The summed E-state index contributed by atoms with van der Waals surface area (Å²) >= 11 is 12.5. The molecule has 13 heteroatoms. The van der Waals surface area contributed by atoms with Gasteiger partial charge in [0.2, 0.25) is 0 Å². The lowest BCUT2D eigenvalue weighted by Gasteiger charge is -2.25. The lowest BCUT2D eigenvalue weighted by molar-refractivity contribution is -0.0216. The fourth-order valence-electron chi connectivity index (χ4n) is 3.41. The summed E-state index contributed by atoms with van der Waals surface area (Å²) in [5, 5.41) is 2.52. The van der Waals surface area contributed by atoms with Crippen molar-refractivity contribution in [2.24, 2.45) is 0 Å². The summed E-state index contributed by atoms with van der Waals surface area (Å²) in [7, 11) is 4.36. The molecule has 2 heterocycles. The minimum absolute atomic E-state index is 0.113. The molecule has 0 aliphatic carbocycles. The van der Waals surface area contributed by atoms with Crippen LogP contribution in [0.15, 0.2) is 18.2 Å². The van der Waals surface area contributed by atoms with Crippen molar-refractivity contribution in [3.8, 4) is 11.3 Å². The van der Waals surface area contributed by atoms with E-state index in [4.69, 9.17) is 52.1 Å². The Morgan fingerprint density at radius 3 is 2.56 bits per heavy atom. The number of methoxy groups -OCH3 is 3. The van der Waals surface area contributed by atoms with Crippen LogP contribution in [-0.4, -0.2) is 80.0 Å². The first-order valence-corrected chi connectivity index (χ1v) is 11.0. The van der Waals surface area contributed by atoms with Gasteiger partial charge in [-0.15, -0.1) is 0 Å². The fraction of sp³-hybridized carbons (Fsp3) is 0.476. The molecule has 1 N–H and O–H groups in total. The second-order valence-electron chi connectivity index (χ2n) is 7.23. The number of hydrogen-bond donors (Lipinski definition) is 1. The Bertz CT molecular complexity index is 1000. The first kappa shape index (κ1) is 26.3. The molecular weight excluding hydrogens is 492 g/mol. The van der Waals surface area contributed by atoms with Crippen molar-refractivity contribution in [1.29, 1.82) is 0 Å². The van der Waals surface area contributed by atoms with E-state index < -0.39 is 19.0 Å². The second kappa shape index (κ2) is 12.4. The fourth-order valence-corrected chi connectivity index (χ4v) is 3.91. The summed E-state index contributed by atoms with van der Waals surface area (Å²) in [6.07, 6.45) is -1.17. The van der Waals surface area contributed by atoms with Crippen LogP contribution in [0, 0.1) is 0 Å². The Morgan fingerprint density at radius 1 is 1.18 bits per heavy atom. The summed E-state index contributed by atoms with van der Waals surface area (Å²) < 4.78 is 33.8. The quantitative estimate of drug-likeness (QED) is 0.505. The SMILES string of the molecule is COCc1nc(-c2ccc(Cl)cc2Cl)c(COC)nc1NN1CN(C(=O)OC)C[C@@H]1OCCF. The van der Waals surface area contributed by atoms with E-state index in [2.05, 4.69) is 5.43 Å². The standard InChI is InChI=1S/C21H26Cl2FN5O5/c1-31-10-16-19(14-5-4-13(22)8-15(14)23)25-17(11-32-2)20(26-16)27-29-12-28(21(30)33-3)9-18(29)34-7-6-24/h4-5,8,18H,6-7,9-12H2,1-3H3,(H,26,27)/t18-/m0/s1. The topological polar surface area (TPSA) is 98.3 Å². The van der Waals surface area contributed by atoms with Crippen LogP contribution in [-0.2, 0) is 32.2 Å². The van der Waals surface area contributed by atoms with Gasteiger partial charge in [-0.2, -0.15) is 5.01 Å². The first-order valence-electron chi connectivity index (χ1n) is 10.3. The Balaban J connectivity index is 1.99. The summed E-state index contributed by atoms with van der Waals surface area (Å²) in [4.78, 5) is 22.9. The highest BCUT2D eigenvalue weighted by atomic mass is 35.5. The van der Waals surface area contributed by atoms with Crippen LogP contribution in [0.3, 0.4) is 0 Å². The Hall–Kier alpha value is -2.28. The molecule has 186 valence electrons. The lowest BCUT2D eigenvalue weighted by Crippen LogP contribution is -2.39. The van der Waals surface area contributed by atoms with Crippen LogP contribution < -0.4 is 5.43 Å². The molecule has 2 aromatic rings. The maximum atomic E-state index is 12.7. The number of nitrogens with zero attached hydrogens (tertiary/aromatic N) is 4. The number of rotatable bonds is 10. The van der Waals surface area contributed by atoms with Crippen LogP contribution in [0.25, 0.3) is 11.3 Å². The number of halogens is 3. The summed E-state index contributed by atoms with van der Waals surface area (Å²) in [6.45, 7) is -0.216. The maximum Gasteiger partial charge on any atom is 0.410 e. The highest BCUT2D eigenvalue weighted by molar-refractivity contribution is 6.36. The van der Waals surface area contributed by atoms with Crippen molar-refractivity contribution >= 4 is 35.1 Å². The average molecular weight is 518 g/mol. The number of carbonyl (C=O) groups is 1. The maximum absolute atomic E-state index is 12.7. The third-order valence-electron chi connectivity index (χ3n) is 4.91. The zero-order chi connectivity index (χ0) is 24.7. The molecule has 0 unspecified atom stereocenters. The molecule has 1 aliphatic heterocycles. The molecule has 0 radical (unpaired) electrons.